The molecule has 1 aromatic rings. The van der Waals surface area contributed by atoms with Gasteiger partial charge >= 0.3 is 0 Å². The van der Waals surface area contributed by atoms with E-state index in [4.69, 9.17) is 4.74 Å². The van der Waals surface area contributed by atoms with Crippen molar-refractivity contribution in [3.63, 3.8) is 0 Å². The van der Waals surface area contributed by atoms with Crippen LogP contribution in [0.3, 0.4) is 0 Å². The van der Waals surface area contributed by atoms with Gasteiger partial charge in [-0.3, -0.25) is 0 Å². The number of hydrogen-bond acceptors (Lipinski definition) is 3. The van der Waals surface area contributed by atoms with Gasteiger partial charge in [-0.2, -0.15) is 0 Å². The minimum absolute atomic E-state index is 0.738. The molecule has 0 aromatic carbocycles. The fourth-order valence-corrected chi connectivity index (χ4v) is 1.54. The summed E-state index contributed by atoms with van der Waals surface area (Å²) in [6.07, 6.45) is 6.51. The second-order valence-corrected chi connectivity index (χ2v) is 3.89. The number of ether oxygens (including phenoxy) is 1. The Labute approximate surface area is 90.6 Å². The van der Waals surface area contributed by atoms with Crippen molar-refractivity contribution in [2.24, 2.45) is 0 Å². The third-order valence-corrected chi connectivity index (χ3v) is 2.61. The Bertz CT molecular complexity index is 294. The normalized spacial score (nSPS) is 15.8. The Morgan fingerprint density at radius 2 is 2.47 bits per heavy atom. The second kappa shape index (κ2) is 5.28. The molecule has 84 valence electrons. The van der Waals surface area contributed by atoms with Crippen LogP contribution in [0.25, 0.3) is 0 Å². The molecular formula is C11H19N3O. The van der Waals surface area contributed by atoms with Gasteiger partial charge in [0.1, 0.15) is 5.82 Å². The smallest absolute Gasteiger partial charge is 0.122 e. The van der Waals surface area contributed by atoms with Crippen LogP contribution < -0.4 is 5.32 Å². The van der Waals surface area contributed by atoms with Crippen LogP contribution in [0.1, 0.15) is 25.6 Å². The predicted octanol–water partition coefficient (Wildman–Crippen LogP) is 1.17. The quantitative estimate of drug-likeness (QED) is 0.685. The lowest BCUT2D eigenvalue weighted by atomic mass is 10.5. The summed E-state index contributed by atoms with van der Waals surface area (Å²) in [6.45, 7) is 5.34. The van der Waals surface area contributed by atoms with Crippen LogP contribution >= 0.6 is 0 Å². The van der Waals surface area contributed by atoms with Crippen LogP contribution in [0.5, 0.6) is 0 Å². The molecule has 0 aliphatic heterocycles. The molecule has 4 heteroatoms. The van der Waals surface area contributed by atoms with Crippen LogP contribution in [-0.4, -0.2) is 28.8 Å². The van der Waals surface area contributed by atoms with E-state index in [0.29, 0.717) is 0 Å². The van der Waals surface area contributed by atoms with E-state index < -0.39 is 0 Å². The van der Waals surface area contributed by atoms with Gasteiger partial charge in [0, 0.05) is 31.6 Å². The molecule has 0 spiro atoms. The number of imidazole rings is 1. The van der Waals surface area contributed by atoms with Crippen LogP contribution in [0.4, 0.5) is 0 Å². The molecule has 0 amide bonds. The highest BCUT2D eigenvalue weighted by Crippen LogP contribution is 2.18. The predicted molar refractivity (Wildman–Crippen MR) is 58.6 cm³/mol. The van der Waals surface area contributed by atoms with E-state index in [0.717, 1.165) is 38.2 Å². The number of rotatable bonds is 7. The van der Waals surface area contributed by atoms with E-state index in [1.807, 2.05) is 19.3 Å². The van der Waals surface area contributed by atoms with Gasteiger partial charge in [0.2, 0.25) is 0 Å². The van der Waals surface area contributed by atoms with Crippen LogP contribution in [-0.2, 0) is 17.8 Å². The first-order valence-electron chi connectivity index (χ1n) is 5.71. The van der Waals surface area contributed by atoms with E-state index in [2.05, 4.69) is 14.9 Å². The summed E-state index contributed by atoms with van der Waals surface area (Å²) in [7, 11) is 0. The maximum absolute atomic E-state index is 5.33. The zero-order valence-corrected chi connectivity index (χ0v) is 9.28. The molecule has 1 heterocycles. The van der Waals surface area contributed by atoms with Gasteiger partial charge in [-0.05, 0) is 19.8 Å². The van der Waals surface area contributed by atoms with Crippen LogP contribution in [0, 0.1) is 0 Å². The fourth-order valence-electron chi connectivity index (χ4n) is 1.54. The van der Waals surface area contributed by atoms with E-state index in [1.165, 1.54) is 12.8 Å². The molecule has 0 unspecified atom stereocenters. The lowest BCUT2D eigenvalue weighted by molar-refractivity contribution is 0.138. The molecule has 4 nitrogen and oxygen atoms in total. The van der Waals surface area contributed by atoms with Gasteiger partial charge < -0.3 is 14.6 Å². The minimum atomic E-state index is 0.738. The Morgan fingerprint density at radius 1 is 1.60 bits per heavy atom. The van der Waals surface area contributed by atoms with Crippen molar-refractivity contribution in [1.82, 2.24) is 14.9 Å². The molecule has 1 aromatic heterocycles. The molecule has 0 bridgehead atoms. The van der Waals surface area contributed by atoms with Gasteiger partial charge in [-0.1, -0.05) is 0 Å². The fraction of sp³-hybridized carbons (Fsp3) is 0.727. The van der Waals surface area contributed by atoms with Gasteiger partial charge in [-0.25, -0.2) is 4.98 Å². The van der Waals surface area contributed by atoms with Gasteiger partial charge in [-0.15, -0.1) is 0 Å². The molecule has 2 rings (SSSR count). The summed E-state index contributed by atoms with van der Waals surface area (Å²) in [6, 6.07) is 0.738. The average Bonchev–Trinajstić information content (AvgIpc) is 2.97. The van der Waals surface area contributed by atoms with Crippen molar-refractivity contribution in [1.29, 1.82) is 0 Å². The second-order valence-electron chi connectivity index (χ2n) is 3.89. The third kappa shape index (κ3) is 3.32. The molecule has 1 aliphatic rings. The SMILES string of the molecule is CCOCCn1ccnc1CNC1CC1. The van der Waals surface area contributed by atoms with Gasteiger partial charge in [0.05, 0.1) is 13.2 Å². The molecule has 0 atom stereocenters. The topological polar surface area (TPSA) is 39.1 Å². The molecule has 0 saturated heterocycles. The summed E-state index contributed by atoms with van der Waals surface area (Å²) < 4.78 is 7.49. The number of nitrogens with one attached hydrogen (secondary N) is 1. The first kappa shape index (κ1) is 10.6. The Morgan fingerprint density at radius 3 is 3.20 bits per heavy atom. The number of hydrogen-bond donors (Lipinski definition) is 1. The molecule has 15 heavy (non-hydrogen) atoms. The van der Waals surface area contributed by atoms with Gasteiger partial charge in [0.25, 0.3) is 0 Å². The number of nitrogens with zero attached hydrogens (tertiary/aromatic N) is 2. The zero-order valence-electron chi connectivity index (χ0n) is 9.28. The summed E-state index contributed by atoms with van der Waals surface area (Å²) in [4.78, 5) is 4.34. The van der Waals surface area contributed by atoms with E-state index in [1.54, 1.807) is 0 Å². The highest BCUT2D eigenvalue weighted by molar-refractivity contribution is 4.94. The molecule has 1 saturated carbocycles. The van der Waals surface area contributed by atoms with Crippen LogP contribution in [0.2, 0.25) is 0 Å². The molecule has 1 fully saturated rings. The maximum Gasteiger partial charge on any atom is 0.122 e. The Balaban J connectivity index is 1.78. The summed E-state index contributed by atoms with van der Waals surface area (Å²) in [5.74, 6) is 1.11. The first-order valence-corrected chi connectivity index (χ1v) is 5.71. The van der Waals surface area contributed by atoms with Crippen molar-refractivity contribution in [2.45, 2.75) is 38.9 Å². The van der Waals surface area contributed by atoms with Crippen molar-refractivity contribution in [3.8, 4) is 0 Å². The van der Waals surface area contributed by atoms with E-state index in [-0.39, 0.29) is 0 Å². The van der Waals surface area contributed by atoms with Crippen LogP contribution in [0.15, 0.2) is 12.4 Å². The molecular weight excluding hydrogens is 190 g/mol. The molecule has 0 radical (unpaired) electrons. The van der Waals surface area contributed by atoms with Gasteiger partial charge in [0.15, 0.2) is 0 Å². The van der Waals surface area contributed by atoms with E-state index in [9.17, 15) is 0 Å². The third-order valence-electron chi connectivity index (χ3n) is 2.61. The first-order chi connectivity index (χ1) is 7.40. The van der Waals surface area contributed by atoms with Crippen molar-refractivity contribution in [2.75, 3.05) is 13.2 Å². The summed E-state index contributed by atoms with van der Waals surface area (Å²) in [5.41, 5.74) is 0. The summed E-state index contributed by atoms with van der Waals surface area (Å²) in [5, 5.41) is 3.47. The zero-order chi connectivity index (χ0) is 10.5. The summed E-state index contributed by atoms with van der Waals surface area (Å²) >= 11 is 0. The molecule has 1 N–H and O–H groups in total. The van der Waals surface area contributed by atoms with Crippen molar-refractivity contribution < 1.29 is 4.74 Å². The lowest BCUT2D eigenvalue weighted by Gasteiger charge is -2.08. The Kier molecular flexibility index (Phi) is 3.75. The molecule has 1 aliphatic carbocycles. The maximum atomic E-state index is 5.33. The average molecular weight is 209 g/mol. The highest BCUT2D eigenvalue weighted by Gasteiger charge is 2.20. The monoisotopic (exact) mass is 209 g/mol. The standard InChI is InChI=1S/C11H19N3O/c1-2-15-8-7-14-6-5-12-11(14)9-13-10-3-4-10/h5-6,10,13H,2-4,7-9H2,1H3. The highest BCUT2D eigenvalue weighted by atomic mass is 16.5. The van der Waals surface area contributed by atoms with E-state index >= 15 is 0 Å². The Hall–Kier alpha value is -0.870. The largest absolute Gasteiger partial charge is 0.380 e. The number of aromatic nitrogens is 2. The lowest BCUT2D eigenvalue weighted by Crippen LogP contribution is -2.19. The minimum Gasteiger partial charge on any atom is -0.380 e. The van der Waals surface area contributed by atoms with Crippen molar-refractivity contribution >= 4 is 0 Å². The van der Waals surface area contributed by atoms with Crippen molar-refractivity contribution in [3.05, 3.63) is 18.2 Å².